The number of carbonyl (C=O) groups excluding carboxylic acids is 1. The highest BCUT2D eigenvalue weighted by atomic mass is 19.1. The number of carboxylic acid groups (broad SMARTS) is 1. The molecule has 36 heavy (non-hydrogen) atoms. The molecule has 0 fully saturated rings. The van der Waals surface area contributed by atoms with E-state index in [4.69, 9.17) is 4.42 Å². The number of aliphatic carboxylic acids is 1. The molecule has 1 aliphatic heterocycles. The summed E-state index contributed by atoms with van der Waals surface area (Å²) in [5.74, 6) is -7.17. The molecule has 2 N–H and O–H groups in total. The Morgan fingerprint density at radius 3 is 2.25 bits per heavy atom. The lowest BCUT2D eigenvalue weighted by Crippen LogP contribution is -2.62. The first-order valence-corrected chi connectivity index (χ1v) is 10.7. The van der Waals surface area contributed by atoms with Gasteiger partial charge in [-0.2, -0.15) is 5.10 Å². The van der Waals surface area contributed by atoms with E-state index in [0.717, 1.165) is 29.3 Å². The van der Waals surface area contributed by atoms with Gasteiger partial charge in [0.15, 0.2) is 11.4 Å². The van der Waals surface area contributed by atoms with Gasteiger partial charge in [-0.05, 0) is 51.1 Å². The summed E-state index contributed by atoms with van der Waals surface area (Å²) >= 11 is 0. The van der Waals surface area contributed by atoms with Crippen molar-refractivity contribution in [3.05, 3.63) is 89.4 Å². The summed E-state index contributed by atoms with van der Waals surface area (Å²) in [5.41, 5.74) is -3.92. The van der Waals surface area contributed by atoms with Gasteiger partial charge in [0.25, 0.3) is 0 Å². The standard InChI is InChI=1S/C25H21F4N3O4/c1-24(2,23(34)35)30-22(33)25(3)20(13-8-9-36-12-13)21(16-6-4-14(26)10-17(16)28)31-32(25)19-7-5-15(27)11-18(19)29/h4-12,20H,1-3H3,(H,30,33)(H,34,35). The van der Waals surface area contributed by atoms with Crippen LogP contribution in [0.1, 0.15) is 37.8 Å². The fourth-order valence-corrected chi connectivity index (χ4v) is 4.13. The molecule has 1 amide bonds. The number of furan rings is 1. The summed E-state index contributed by atoms with van der Waals surface area (Å²) < 4.78 is 62.5. The van der Waals surface area contributed by atoms with Crippen LogP contribution in [0.15, 0.2) is 64.5 Å². The largest absolute Gasteiger partial charge is 0.480 e. The number of hydrogen-bond donors (Lipinski definition) is 2. The van der Waals surface area contributed by atoms with Crippen molar-refractivity contribution in [3.8, 4) is 0 Å². The fraction of sp³-hybridized carbons (Fsp3) is 0.240. The number of hydrazone groups is 1. The maximum atomic E-state index is 15.0. The van der Waals surface area contributed by atoms with Gasteiger partial charge >= 0.3 is 5.97 Å². The van der Waals surface area contributed by atoms with E-state index in [1.54, 1.807) is 0 Å². The van der Waals surface area contributed by atoms with E-state index in [0.29, 0.717) is 17.7 Å². The van der Waals surface area contributed by atoms with Crippen molar-refractivity contribution in [1.29, 1.82) is 0 Å². The van der Waals surface area contributed by atoms with Crippen LogP contribution in [0.3, 0.4) is 0 Å². The summed E-state index contributed by atoms with van der Waals surface area (Å²) in [5, 5.41) is 17.3. The Morgan fingerprint density at radius 1 is 1.06 bits per heavy atom. The molecular formula is C25H21F4N3O4. The Morgan fingerprint density at radius 2 is 1.69 bits per heavy atom. The van der Waals surface area contributed by atoms with Gasteiger partial charge in [-0.15, -0.1) is 0 Å². The van der Waals surface area contributed by atoms with Crippen LogP contribution in [-0.2, 0) is 9.59 Å². The molecule has 4 rings (SSSR count). The highest BCUT2D eigenvalue weighted by Crippen LogP contribution is 2.46. The smallest absolute Gasteiger partial charge is 0.328 e. The first kappa shape index (κ1) is 25.0. The minimum atomic E-state index is -1.91. The Labute approximate surface area is 203 Å². The predicted octanol–water partition coefficient (Wildman–Crippen LogP) is 4.58. The Bertz CT molecular complexity index is 1370. The third kappa shape index (κ3) is 4.10. The zero-order chi connectivity index (χ0) is 26.4. The van der Waals surface area contributed by atoms with E-state index in [9.17, 15) is 32.3 Å². The van der Waals surface area contributed by atoms with Crippen molar-refractivity contribution in [3.63, 3.8) is 0 Å². The van der Waals surface area contributed by atoms with Gasteiger partial charge in [0.05, 0.1) is 29.8 Å². The van der Waals surface area contributed by atoms with E-state index in [1.165, 1.54) is 39.4 Å². The number of amides is 1. The van der Waals surface area contributed by atoms with Crippen LogP contribution in [-0.4, -0.2) is 33.8 Å². The van der Waals surface area contributed by atoms with E-state index >= 15 is 0 Å². The zero-order valence-electron chi connectivity index (χ0n) is 19.4. The van der Waals surface area contributed by atoms with Crippen molar-refractivity contribution in [2.45, 2.75) is 37.8 Å². The van der Waals surface area contributed by atoms with Crippen LogP contribution in [0.4, 0.5) is 23.2 Å². The molecule has 0 aliphatic carbocycles. The lowest BCUT2D eigenvalue weighted by Gasteiger charge is -2.39. The number of carboxylic acids is 1. The van der Waals surface area contributed by atoms with E-state index in [2.05, 4.69) is 10.4 Å². The average molecular weight is 503 g/mol. The van der Waals surface area contributed by atoms with Gasteiger partial charge < -0.3 is 14.8 Å². The number of nitrogens with zero attached hydrogens (tertiary/aromatic N) is 2. The molecule has 0 radical (unpaired) electrons. The van der Waals surface area contributed by atoms with Crippen molar-refractivity contribution >= 4 is 23.3 Å². The molecule has 2 heterocycles. The third-order valence-electron chi connectivity index (χ3n) is 6.13. The highest BCUT2D eigenvalue weighted by Gasteiger charge is 2.57. The molecule has 2 unspecified atom stereocenters. The van der Waals surface area contributed by atoms with Crippen molar-refractivity contribution in [1.82, 2.24) is 5.32 Å². The first-order valence-electron chi connectivity index (χ1n) is 10.7. The minimum absolute atomic E-state index is 0.0802. The topological polar surface area (TPSA) is 95.1 Å². The summed E-state index contributed by atoms with van der Waals surface area (Å²) in [6, 6.07) is 6.85. The molecule has 11 heteroatoms. The Hall–Kier alpha value is -4.15. The molecule has 3 aromatic rings. The zero-order valence-corrected chi connectivity index (χ0v) is 19.4. The van der Waals surface area contributed by atoms with Gasteiger partial charge in [-0.1, -0.05) is 0 Å². The monoisotopic (exact) mass is 503 g/mol. The van der Waals surface area contributed by atoms with Gasteiger partial charge in [-0.3, -0.25) is 4.79 Å². The predicted molar refractivity (Wildman–Crippen MR) is 121 cm³/mol. The van der Waals surface area contributed by atoms with E-state index in [1.807, 2.05) is 0 Å². The second-order valence-corrected chi connectivity index (χ2v) is 9.04. The maximum Gasteiger partial charge on any atom is 0.328 e. The van der Waals surface area contributed by atoms with Gasteiger partial charge in [0, 0.05) is 23.3 Å². The lowest BCUT2D eigenvalue weighted by molar-refractivity contribution is -0.146. The molecule has 0 spiro atoms. The molecule has 0 saturated heterocycles. The van der Waals surface area contributed by atoms with Crippen LogP contribution < -0.4 is 10.3 Å². The second kappa shape index (κ2) is 8.81. The molecule has 0 saturated carbocycles. The lowest BCUT2D eigenvalue weighted by atomic mass is 9.76. The third-order valence-corrected chi connectivity index (χ3v) is 6.13. The minimum Gasteiger partial charge on any atom is -0.480 e. The number of carbonyl (C=O) groups is 2. The van der Waals surface area contributed by atoms with E-state index < -0.39 is 52.1 Å². The summed E-state index contributed by atoms with van der Waals surface area (Å²) in [6.07, 6.45) is 2.58. The van der Waals surface area contributed by atoms with Crippen LogP contribution >= 0.6 is 0 Å². The molecular weight excluding hydrogens is 482 g/mol. The number of anilines is 1. The van der Waals surface area contributed by atoms with Crippen LogP contribution in [0.25, 0.3) is 0 Å². The summed E-state index contributed by atoms with van der Waals surface area (Å²) in [6.45, 7) is 3.86. The van der Waals surface area contributed by atoms with Gasteiger partial charge in [-0.25, -0.2) is 27.4 Å². The molecule has 2 atom stereocenters. The Balaban J connectivity index is 1.98. The van der Waals surface area contributed by atoms with Gasteiger partial charge in [0.1, 0.15) is 23.0 Å². The van der Waals surface area contributed by atoms with Crippen molar-refractivity contribution in [2.75, 3.05) is 5.01 Å². The van der Waals surface area contributed by atoms with Crippen LogP contribution in [0.2, 0.25) is 0 Å². The number of rotatable bonds is 6. The SMILES string of the molecule is CC(C)(NC(=O)C1(C)C(c2ccoc2)C(c2ccc(F)cc2F)=NN1c1ccc(F)cc1F)C(=O)O. The molecule has 1 aliphatic rings. The number of halogens is 4. The first-order chi connectivity index (χ1) is 16.9. The summed E-state index contributed by atoms with van der Waals surface area (Å²) in [4.78, 5) is 25.5. The number of benzene rings is 2. The van der Waals surface area contributed by atoms with Crippen LogP contribution in [0.5, 0.6) is 0 Å². The second-order valence-electron chi connectivity index (χ2n) is 9.04. The van der Waals surface area contributed by atoms with Gasteiger partial charge in [0.2, 0.25) is 5.91 Å². The highest BCUT2D eigenvalue weighted by molar-refractivity contribution is 6.14. The number of nitrogens with one attached hydrogen (secondary N) is 1. The Kier molecular flexibility index (Phi) is 6.11. The van der Waals surface area contributed by atoms with Crippen molar-refractivity contribution in [2.24, 2.45) is 5.10 Å². The average Bonchev–Trinajstić information content (AvgIpc) is 3.40. The number of hydrogen-bond acceptors (Lipinski definition) is 5. The maximum absolute atomic E-state index is 15.0. The van der Waals surface area contributed by atoms with Crippen LogP contribution in [0, 0.1) is 23.3 Å². The quantitative estimate of drug-likeness (QED) is 0.480. The molecule has 188 valence electrons. The molecule has 7 nitrogen and oxygen atoms in total. The summed E-state index contributed by atoms with van der Waals surface area (Å²) in [7, 11) is 0. The molecule has 0 bridgehead atoms. The van der Waals surface area contributed by atoms with Crippen molar-refractivity contribution < 1.29 is 36.7 Å². The molecule has 2 aromatic carbocycles. The molecule has 1 aromatic heterocycles. The fourth-order valence-electron chi connectivity index (χ4n) is 4.13. The van der Waals surface area contributed by atoms with E-state index in [-0.39, 0.29) is 17.0 Å². The normalized spacial score (nSPS) is 19.8.